The van der Waals surface area contributed by atoms with Crippen LogP contribution in [0.15, 0.2) is 52.4 Å². The summed E-state index contributed by atoms with van der Waals surface area (Å²) in [5, 5.41) is 4.02. The number of benzene rings is 2. The number of carbonyl (C=O) groups is 1. The van der Waals surface area contributed by atoms with Gasteiger partial charge in [0, 0.05) is 22.8 Å². The van der Waals surface area contributed by atoms with Gasteiger partial charge in [-0.05, 0) is 99.5 Å². The Kier molecular flexibility index (Phi) is 7.10. The largest absolute Gasteiger partial charge is 0.494 e. The number of aliphatic imine (C=N–C) groups is 1. The first-order valence-electron chi connectivity index (χ1n) is 11.5. The van der Waals surface area contributed by atoms with Crippen molar-refractivity contribution in [2.75, 3.05) is 18.1 Å². The van der Waals surface area contributed by atoms with Crippen LogP contribution in [0.3, 0.4) is 0 Å². The van der Waals surface area contributed by atoms with E-state index in [1.54, 1.807) is 0 Å². The van der Waals surface area contributed by atoms with E-state index in [1.807, 2.05) is 43.3 Å². The van der Waals surface area contributed by atoms with Crippen LogP contribution in [-0.4, -0.2) is 29.8 Å². The number of anilines is 1. The van der Waals surface area contributed by atoms with Crippen molar-refractivity contribution in [2.24, 2.45) is 4.99 Å². The molecule has 2 aromatic carbocycles. The molecule has 0 saturated carbocycles. The number of allylic oxidation sites excluding steroid dienone is 1. The molecule has 2 aromatic rings. The summed E-state index contributed by atoms with van der Waals surface area (Å²) in [4.78, 5) is 20.2. The molecule has 0 radical (unpaired) electrons. The van der Waals surface area contributed by atoms with Gasteiger partial charge in [-0.15, -0.1) is 0 Å². The average Bonchev–Trinajstić information content (AvgIpc) is 3.12. The van der Waals surface area contributed by atoms with E-state index in [4.69, 9.17) is 16.3 Å². The highest BCUT2D eigenvalue weighted by atomic mass is 35.5. The Balaban J connectivity index is 1.62. The monoisotopic (exact) mass is 495 g/mol. The van der Waals surface area contributed by atoms with Gasteiger partial charge in [0.05, 0.1) is 22.7 Å². The highest BCUT2D eigenvalue weighted by Crippen LogP contribution is 2.42. The summed E-state index contributed by atoms with van der Waals surface area (Å²) < 4.78 is 5.47. The van der Waals surface area contributed by atoms with E-state index in [-0.39, 0.29) is 11.4 Å². The second kappa shape index (κ2) is 9.88. The number of halogens is 1. The van der Waals surface area contributed by atoms with Crippen LogP contribution in [0, 0.1) is 0 Å². The molecule has 5 nitrogen and oxygen atoms in total. The number of carbonyl (C=O) groups excluding carboxylic acids is 1. The fourth-order valence-electron chi connectivity index (χ4n) is 4.38. The van der Waals surface area contributed by atoms with Crippen molar-refractivity contribution in [2.45, 2.75) is 46.6 Å². The van der Waals surface area contributed by atoms with Crippen LogP contribution in [0.2, 0.25) is 5.02 Å². The van der Waals surface area contributed by atoms with Crippen LogP contribution >= 0.6 is 23.4 Å². The molecule has 4 rings (SSSR count). The van der Waals surface area contributed by atoms with Crippen LogP contribution in [-0.2, 0) is 4.79 Å². The zero-order chi connectivity index (χ0) is 24.5. The van der Waals surface area contributed by atoms with Crippen molar-refractivity contribution >= 4 is 57.5 Å². The first-order chi connectivity index (χ1) is 16.2. The van der Waals surface area contributed by atoms with Gasteiger partial charge < -0.3 is 15.0 Å². The Hall–Kier alpha value is -2.70. The van der Waals surface area contributed by atoms with Gasteiger partial charge in [0.2, 0.25) is 0 Å². The zero-order valence-corrected chi connectivity index (χ0v) is 21.8. The van der Waals surface area contributed by atoms with Crippen LogP contribution < -0.4 is 15.0 Å². The number of hydrogen-bond donors (Lipinski definition) is 1. The maximum absolute atomic E-state index is 12.6. The molecule has 0 aromatic heterocycles. The van der Waals surface area contributed by atoms with Gasteiger partial charge in [-0.3, -0.25) is 4.79 Å². The van der Waals surface area contributed by atoms with E-state index in [1.165, 1.54) is 17.3 Å². The first-order valence-corrected chi connectivity index (χ1v) is 12.7. The molecule has 0 aliphatic carbocycles. The SMILES string of the molecule is CCCN1c2cc(Cl)c(/C=C3/SC(=Nc4ccc(OCC)cc4)NC3=O)cc2C(C)=CC1(C)C. The number of nitrogens with zero attached hydrogens (tertiary/aromatic N) is 2. The molecule has 0 atom stereocenters. The molecule has 7 heteroatoms. The summed E-state index contributed by atoms with van der Waals surface area (Å²) in [6.45, 7) is 12.3. The van der Waals surface area contributed by atoms with E-state index in [2.05, 4.69) is 55.0 Å². The lowest BCUT2D eigenvalue weighted by Gasteiger charge is -2.43. The molecule has 0 spiro atoms. The molecular weight excluding hydrogens is 466 g/mol. The smallest absolute Gasteiger partial charge is 0.264 e. The predicted molar refractivity (Wildman–Crippen MR) is 145 cm³/mol. The molecule has 1 saturated heterocycles. The van der Waals surface area contributed by atoms with Gasteiger partial charge in [0.1, 0.15) is 5.75 Å². The third kappa shape index (κ3) is 5.03. The minimum Gasteiger partial charge on any atom is -0.494 e. The van der Waals surface area contributed by atoms with Crippen molar-refractivity contribution in [1.82, 2.24) is 5.32 Å². The number of nitrogens with one attached hydrogen (secondary N) is 1. The first kappa shape index (κ1) is 24.4. The standard InChI is InChI=1S/C27H30ClN3O2S/c1-6-12-31-23-15-22(28)18(13-21(23)17(3)16-27(31,4)5)14-24-25(32)30-26(34-24)29-19-8-10-20(11-9-19)33-7-2/h8-11,13-16H,6-7,12H2,1-5H3,(H,29,30,32)/b24-14+. The average molecular weight is 496 g/mol. The summed E-state index contributed by atoms with van der Waals surface area (Å²) in [5.74, 6) is 0.618. The molecular formula is C27H30ClN3O2S. The van der Waals surface area contributed by atoms with Crippen molar-refractivity contribution in [1.29, 1.82) is 0 Å². The highest BCUT2D eigenvalue weighted by molar-refractivity contribution is 8.18. The van der Waals surface area contributed by atoms with E-state index < -0.39 is 0 Å². The predicted octanol–water partition coefficient (Wildman–Crippen LogP) is 7.04. The van der Waals surface area contributed by atoms with Crippen LogP contribution in [0.25, 0.3) is 11.6 Å². The molecule has 1 amide bonds. The van der Waals surface area contributed by atoms with Crippen molar-refractivity contribution in [3.05, 3.63) is 63.5 Å². The lowest BCUT2D eigenvalue weighted by Crippen LogP contribution is -2.45. The number of ether oxygens (including phenoxy) is 1. The Bertz CT molecular complexity index is 1200. The van der Waals surface area contributed by atoms with Gasteiger partial charge in [-0.25, -0.2) is 4.99 Å². The topological polar surface area (TPSA) is 53.9 Å². The molecule has 178 valence electrons. The molecule has 2 heterocycles. The van der Waals surface area contributed by atoms with Crippen LogP contribution in [0.5, 0.6) is 5.75 Å². The molecule has 0 unspecified atom stereocenters. The van der Waals surface area contributed by atoms with E-state index in [0.29, 0.717) is 21.7 Å². The number of thioether (sulfide) groups is 1. The Morgan fingerprint density at radius 1 is 1.21 bits per heavy atom. The van der Waals surface area contributed by atoms with Gasteiger partial charge in [0.15, 0.2) is 5.17 Å². The lowest BCUT2D eigenvalue weighted by molar-refractivity contribution is -0.115. The molecule has 0 bridgehead atoms. The summed E-state index contributed by atoms with van der Waals surface area (Å²) in [6, 6.07) is 11.6. The molecule has 34 heavy (non-hydrogen) atoms. The van der Waals surface area contributed by atoms with Gasteiger partial charge in [0.25, 0.3) is 5.91 Å². The normalized spacial score (nSPS) is 19.3. The lowest BCUT2D eigenvalue weighted by atomic mass is 9.87. The number of amides is 1. The van der Waals surface area contributed by atoms with Crippen LogP contribution in [0.4, 0.5) is 11.4 Å². The molecule has 2 aliphatic heterocycles. The zero-order valence-electron chi connectivity index (χ0n) is 20.2. The molecule has 2 aliphatic rings. The quantitative estimate of drug-likeness (QED) is 0.436. The third-order valence-electron chi connectivity index (χ3n) is 5.86. The van der Waals surface area contributed by atoms with E-state index in [0.717, 1.165) is 41.2 Å². The van der Waals surface area contributed by atoms with Gasteiger partial charge in [-0.1, -0.05) is 24.6 Å². The Morgan fingerprint density at radius 3 is 2.62 bits per heavy atom. The minimum atomic E-state index is -0.176. The number of hydrogen-bond acceptors (Lipinski definition) is 5. The number of amidine groups is 1. The fourth-order valence-corrected chi connectivity index (χ4v) is 5.43. The van der Waals surface area contributed by atoms with Crippen molar-refractivity contribution in [3.63, 3.8) is 0 Å². The fraction of sp³-hybridized carbons (Fsp3) is 0.333. The molecule has 1 fully saturated rings. The maximum atomic E-state index is 12.6. The summed E-state index contributed by atoms with van der Waals surface area (Å²) >= 11 is 8.04. The van der Waals surface area contributed by atoms with Gasteiger partial charge >= 0.3 is 0 Å². The van der Waals surface area contributed by atoms with E-state index in [9.17, 15) is 4.79 Å². The minimum absolute atomic E-state index is 0.0795. The molecule has 1 N–H and O–H groups in total. The van der Waals surface area contributed by atoms with Crippen LogP contribution in [0.1, 0.15) is 52.2 Å². The second-order valence-electron chi connectivity index (χ2n) is 8.93. The highest BCUT2D eigenvalue weighted by Gasteiger charge is 2.31. The second-order valence-corrected chi connectivity index (χ2v) is 10.4. The van der Waals surface area contributed by atoms with Gasteiger partial charge in [-0.2, -0.15) is 0 Å². The van der Waals surface area contributed by atoms with Crippen molar-refractivity contribution in [3.8, 4) is 5.75 Å². The Labute approximate surface area is 210 Å². The van der Waals surface area contributed by atoms with Crippen molar-refractivity contribution < 1.29 is 9.53 Å². The number of fused-ring (bicyclic) bond motifs is 1. The summed E-state index contributed by atoms with van der Waals surface area (Å²) in [5.41, 5.74) is 4.99. The maximum Gasteiger partial charge on any atom is 0.264 e. The summed E-state index contributed by atoms with van der Waals surface area (Å²) in [6.07, 6.45) is 5.20. The third-order valence-corrected chi connectivity index (χ3v) is 7.10. The summed E-state index contributed by atoms with van der Waals surface area (Å²) in [7, 11) is 0. The number of rotatable bonds is 6. The Morgan fingerprint density at radius 2 is 1.94 bits per heavy atom. The van der Waals surface area contributed by atoms with E-state index >= 15 is 0 Å².